The number of fused-ring (bicyclic) bond motifs is 1. The Morgan fingerprint density at radius 2 is 1.63 bits per heavy atom. The number of carbonyl (C=O) groups is 1. The topological polar surface area (TPSA) is 103 Å². The zero-order valence-corrected chi connectivity index (χ0v) is 17.1. The Kier molecular flexibility index (Phi) is 6.12. The van der Waals surface area contributed by atoms with Gasteiger partial charge >= 0.3 is 7.60 Å². The number of benzene rings is 1. The summed E-state index contributed by atoms with van der Waals surface area (Å²) in [6.07, 6.45) is -1.08. The highest BCUT2D eigenvalue weighted by atomic mass is 31.2. The molecule has 1 aliphatic rings. The lowest BCUT2D eigenvalue weighted by molar-refractivity contribution is -0.121. The highest BCUT2D eigenvalue weighted by molar-refractivity contribution is 7.56. The number of anilines is 1. The Balaban J connectivity index is 2.94. The molecule has 0 radical (unpaired) electrons. The summed E-state index contributed by atoms with van der Waals surface area (Å²) in [4.78, 5) is 15.0. The molecule has 7 nitrogen and oxygen atoms in total. The second-order valence-corrected chi connectivity index (χ2v) is 8.95. The van der Waals surface area contributed by atoms with Crippen molar-refractivity contribution in [2.45, 2.75) is 52.0 Å². The number of hydrogen-bond acceptors (Lipinski definition) is 6. The summed E-state index contributed by atoms with van der Waals surface area (Å²) in [7, 11) is -4.27. The van der Waals surface area contributed by atoms with E-state index in [-0.39, 0.29) is 0 Å². The molecule has 1 heterocycles. The molecule has 1 amide bonds. The van der Waals surface area contributed by atoms with Gasteiger partial charge in [0.2, 0.25) is 5.16 Å². The van der Waals surface area contributed by atoms with Crippen LogP contribution in [0.4, 0.5) is 5.69 Å². The highest BCUT2D eigenvalue weighted by Crippen LogP contribution is 2.72. The first-order valence-electron chi connectivity index (χ1n) is 8.87. The van der Waals surface area contributed by atoms with E-state index < -0.39 is 36.8 Å². The number of nitrogens with zero attached hydrogens (tertiary/aromatic N) is 3. The van der Waals surface area contributed by atoms with Crippen molar-refractivity contribution in [2.24, 2.45) is 5.92 Å². The first kappa shape index (κ1) is 21.1. The largest absolute Gasteiger partial charge is 0.353 e. The van der Waals surface area contributed by atoms with E-state index in [9.17, 15) is 19.9 Å². The predicted octanol–water partition coefficient (Wildman–Crippen LogP) is 3.95. The SMILES string of the molecule is CCN1C(=O)C(C(C#N)C#N)(P(=O)(OC(C)C)OC(C)C)c2ccccc21. The fraction of sp³-hybridized carbons (Fsp3) is 0.526. The maximum Gasteiger partial charge on any atom is 0.353 e. The zero-order chi connectivity index (χ0) is 20.4. The molecule has 144 valence electrons. The van der Waals surface area contributed by atoms with Crippen molar-refractivity contribution < 1.29 is 18.4 Å². The number of hydrogen-bond donors (Lipinski definition) is 0. The van der Waals surface area contributed by atoms with Gasteiger partial charge in [0, 0.05) is 17.8 Å². The first-order chi connectivity index (χ1) is 12.7. The summed E-state index contributed by atoms with van der Waals surface area (Å²) in [6, 6.07) is 10.5. The van der Waals surface area contributed by atoms with E-state index in [1.165, 1.54) is 4.90 Å². The van der Waals surface area contributed by atoms with E-state index in [0.717, 1.165) is 0 Å². The molecule has 0 fully saturated rings. The molecular formula is C19H24N3O4P. The molecule has 0 aromatic heterocycles. The molecule has 0 bridgehead atoms. The van der Waals surface area contributed by atoms with Crippen molar-refractivity contribution in [3.8, 4) is 12.1 Å². The van der Waals surface area contributed by atoms with Gasteiger partial charge in [-0.05, 0) is 40.7 Å². The standard InChI is InChI=1S/C19H24N3O4P/c1-6-22-17-10-8-7-9-16(17)19(18(22)23,15(11-20)12-21)27(24,25-13(2)3)26-14(4)5/h7-10,13-15H,6H2,1-5H3. The molecule has 1 atom stereocenters. The van der Waals surface area contributed by atoms with Crippen LogP contribution in [0.15, 0.2) is 24.3 Å². The number of likely N-dealkylation sites (N-methyl/N-ethyl adjacent to an activating group) is 1. The molecule has 2 rings (SSSR count). The van der Waals surface area contributed by atoms with Gasteiger partial charge in [0.25, 0.3) is 5.91 Å². The molecular weight excluding hydrogens is 365 g/mol. The summed E-state index contributed by atoms with van der Waals surface area (Å²) in [5, 5.41) is 17.4. The van der Waals surface area contributed by atoms with Crippen LogP contribution in [0.2, 0.25) is 0 Å². The molecule has 27 heavy (non-hydrogen) atoms. The molecule has 8 heteroatoms. The van der Waals surface area contributed by atoms with Crippen LogP contribution >= 0.6 is 7.60 Å². The number of amides is 1. The maximum absolute atomic E-state index is 14.2. The third kappa shape index (κ3) is 3.17. The van der Waals surface area contributed by atoms with E-state index in [4.69, 9.17) is 9.05 Å². The van der Waals surface area contributed by atoms with E-state index in [1.807, 2.05) is 12.1 Å². The smallest absolute Gasteiger partial charge is 0.311 e. The van der Waals surface area contributed by atoms with Crippen LogP contribution in [0, 0.1) is 28.6 Å². The molecule has 0 saturated heterocycles. The van der Waals surface area contributed by atoms with E-state index in [2.05, 4.69) is 0 Å². The second kappa shape index (κ2) is 7.82. The normalized spacial score (nSPS) is 19.5. The Morgan fingerprint density at radius 3 is 2.07 bits per heavy atom. The summed E-state index contributed by atoms with van der Waals surface area (Å²) >= 11 is 0. The number of carbonyl (C=O) groups excluding carboxylic acids is 1. The lowest BCUT2D eigenvalue weighted by Crippen LogP contribution is -2.46. The quantitative estimate of drug-likeness (QED) is 0.654. The molecule has 1 aromatic carbocycles. The van der Waals surface area contributed by atoms with Gasteiger partial charge in [0.1, 0.15) is 0 Å². The average molecular weight is 389 g/mol. The number of rotatable bonds is 7. The van der Waals surface area contributed by atoms with Gasteiger partial charge in [-0.3, -0.25) is 9.36 Å². The van der Waals surface area contributed by atoms with Crippen molar-refractivity contribution >= 4 is 19.2 Å². The van der Waals surface area contributed by atoms with Crippen molar-refractivity contribution in [3.63, 3.8) is 0 Å². The van der Waals surface area contributed by atoms with Crippen molar-refractivity contribution in [1.82, 2.24) is 0 Å². The third-order valence-electron chi connectivity index (χ3n) is 4.30. The van der Waals surface area contributed by atoms with Gasteiger partial charge in [0.05, 0.1) is 24.3 Å². The fourth-order valence-electron chi connectivity index (χ4n) is 3.44. The summed E-state index contributed by atoms with van der Waals surface area (Å²) in [6.45, 7) is 8.74. The van der Waals surface area contributed by atoms with Gasteiger partial charge in [0.15, 0.2) is 5.92 Å². The van der Waals surface area contributed by atoms with Gasteiger partial charge in [-0.25, -0.2) is 0 Å². The minimum Gasteiger partial charge on any atom is -0.311 e. The van der Waals surface area contributed by atoms with Gasteiger partial charge in [-0.2, -0.15) is 10.5 Å². The lowest BCUT2D eigenvalue weighted by Gasteiger charge is -2.37. The van der Waals surface area contributed by atoms with Crippen LogP contribution in [0.25, 0.3) is 0 Å². The monoisotopic (exact) mass is 389 g/mol. The summed E-state index contributed by atoms with van der Waals surface area (Å²) in [5.41, 5.74) is 0.843. The van der Waals surface area contributed by atoms with Crippen LogP contribution in [0.5, 0.6) is 0 Å². The first-order valence-corrected chi connectivity index (χ1v) is 10.4. The van der Waals surface area contributed by atoms with E-state index in [1.54, 1.807) is 58.9 Å². The van der Waals surface area contributed by atoms with Crippen molar-refractivity contribution in [3.05, 3.63) is 29.8 Å². The summed E-state index contributed by atoms with van der Waals surface area (Å²) in [5.74, 6) is -2.14. The Bertz CT molecular complexity index is 827. The van der Waals surface area contributed by atoms with Crippen LogP contribution < -0.4 is 4.90 Å². The van der Waals surface area contributed by atoms with Gasteiger partial charge in [-0.15, -0.1) is 0 Å². The molecule has 0 N–H and O–H groups in total. The Morgan fingerprint density at radius 1 is 1.11 bits per heavy atom. The van der Waals surface area contributed by atoms with E-state index >= 15 is 0 Å². The average Bonchev–Trinajstić information content (AvgIpc) is 2.84. The molecule has 1 aromatic rings. The van der Waals surface area contributed by atoms with Crippen LogP contribution in [-0.2, 0) is 23.6 Å². The predicted molar refractivity (Wildman–Crippen MR) is 101 cm³/mol. The Labute approximate surface area is 160 Å². The van der Waals surface area contributed by atoms with Crippen LogP contribution in [0.1, 0.15) is 40.2 Å². The number of nitriles is 2. The fourth-order valence-corrected chi connectivity index (χ4v) is 6.20. The zero-order valence-electron chi connectivity index (χ0n) is 16.2. The second-order valence-electron chi connectivity index (χ2n) is 6.83. The molecule has 0 spiro atoms. The maximum atomic E-state index is 14.2. The van der Waals surface area contributed by atoms with Crippen LogP contribution in [0.3, 0.4) is 0 Å². The van der Waals surface area contributed by atoms with Crippen molar-refractivity contribution in [1.29, 1.82) is 10.5 Å². The minimum atomic E-state index is -4.27. The molecule has 1 aliphatic heterocycles. The molecule has 0 saturated carbocycles. The van der Waals surface area contributed by atoms with Crippen LogP contribution in [-0.4, -0.2) is 24.7 Å². The highest BCUT2D eigenvalue weighted by Gasteiger charge is 2.69. The van der Waals surface area contributed by atoms with E-state index in [0.29, 0.717) is 17.8 Å². The summed E-state index contributed by atoms with van der Waals surface area (Å²) < 4.78 is 25.6. The third-order valence-corrected chi connectivity index (χ3v) is 7.25. The van der Waals surface area contributed by atoms with Gasteiger partial charge in [-0.1, -0.05) is 18.2 Å². The lowest BCUT2D eigenvalue weighted by atomic mass is 9.87. The van der Waals surface area contributed by atoms with Crippen molar-refractivity contribution in [2.75, 3.05) is 11.4 Å². The molecule has 1 unspecified atom stereocenters. The Hall–Kier alpha value is -2.18. The number of para-hydroxylation sites is 1. The molecule has 0 aliphatic carbocycles. The van der Waals surface area contributed by atoms with Gasteiger partial charge < -0.3 is 13.9 Å². The minimum absolute atomic E-state index is 0.296.